The third-order valence-electron chi connectivity index (χ3n) is 3.52. The molecular formula is C13H22N4O. The van der Waals surface area contributed by atoms with Gasteiger partial charge in [-0.25, -0.2) is 0 Å². The van der Waals surface area contributed by atoms with Crippen molar-refractivity contribution < 1.29 is 4.79 Å². The monoisotopic (exact) mass is 250 g/mol. The Morgan fingerprint density at radius 2 is 2.33 bits per heavy atom. The third-order valence-corrected chi connectivity index (χ3v) is 3.52. The minimum atomic E-state index is 0.0604. The molecule has 2 atom stereocenters. The van der Waals surface area contributed by atoms with Crippen LogP contribution in [-0.4, -0.2) is 28.3 Å². The maximum absolute atomic E-state index is 12.2. The van der Waals surface area contributed by atoms with Crippen LogP contribution in [-0.2, 0) is 11.8 Å². The maximum atomic E-state index is 12.2. The van der Waals surface area contributed by atoms with Gasteiger partial charge >= 0.3 is 0 Å². The number of amides is 1. The van der Waals surface area contributed by atoms with Crippen molar-refractivity contribution in [1.82, 2.24) is 15.1 Å². The Hall–Kier alpha value is -1.36. The zero-order chi connectivity index (χ0) is 13.3. The first-order valence-corrected chi connectivity index (χ1v) is 6.57. The zero-order valence-electron chi connectivity index (χ0n) is 11.5. The van der Waals surface area contributed by atoms with Crippen molar-refractivity contribution in [2.24, 2.45) is 13.0 Å². The number of hydrogen-bond donors (Lipinski definition) is 2. The number of carbonyl (C=O) groups is 1. The van der Waals surface area contributed by atoms with Gasteiger partial charge in [0.05, 0.1) is 17.3 Å². The number of rotatable bonds is 3. The van der Waals surface area contributed by atoms with Gasteiger partial charge in [-0.2, -0.15) is 5.10 Å². The molecule has 18 heavy (non-hydrogen) atoms. The topological polar surface area (TPSA) is 59.0 Å². The van der Waals surface area contributed by atoms with Gasteiger partial charge in [-0.1, -0.05) is 13.8 Å². The van der Waals surface area contributed by atoms with Gasteiger partial charge in [0.1, 0.15) is 0 Å². The van der Waals surface area contributed by atoms with E-state index in [0.29, 0.717) is 5.92 Å². The molecule has 0 radical (unpaired) electrons. The molecule has 1 aliphatic rings. The molecule has 5 nitrogen and oxygen atoms in total. The summed E-state index contributed by atoms with van der Waals surface area (Å²) in [5, 5.41) is 10.7. The molecule has 0 saturated carbocycles. The van der Waals surface area contributed by atoms with Crippen LogP contribution >= 0.6 is 0 Å². The molecule has 2 N–H and O–H groups in total. The molecule has 2 rings (SSSR count). The average molecular weight is 250 g/mol. The molecule has 1 aromatic rings. The first kappa shape index (κ1) is 13.1. The first-order chi connectivity index (χ1) is 8.49. The molecular weight excluding hydrogens is 228 g/mol. The van der Waals surface area contributed by atoms with Crippen molar-refractivity contribution in [3.05, 3.63) is 11.9 Å². The van der Waals surface area contributed by atoms with Gasteiger partial charge in [-0.05, 0) is 25.8 Å². The molecule has 100 valence electrons. The Kier molecular flexibility index (Phi) is 3.71. The van der Waals surface area contributed by atoms with Crippen LogP contribution in [0.15, 0.2) is 6.20 Å². The lowest BCUT2D eigenvalue weighted by molar-refractivity contribution is -0.120. The number of anilines is 1. The summed E-state index contributed by atoms with van der Waals surface area (Å²) >= 11 is 0. The molecule has 2 heterocycles. The first-order valence-electron chi connectivity index (χ1n) is 6.57. The minimum absolute atomic E-state index is 0.0604. The lowest BCUT2D eigenvalue weighted by Gasteiger charge is -2.15. The highest BCUT2D eigenvalue weighted by atomic mass is 16.2. The predicted octanol–water partition coefficient (Wildman–Crippen LogP) is 1.48. The lowest BCUT2D eigenvalue weighted by atomic mass is 10.0. The number of nitrogens with zero attached hydrogens (tertiary/aromatic N) is 2. The maximum Gasteiger partial charge on any atom is 0.229 e. The van der Waals surface area contributed by atoms with Crippen molar-refractivity contribution in [3.63, 3.8) is 0 Å². The van der Waals surface area contributed by atoms with Crippen LogP contribution in [0.4, 0.5) is 5.69 Å². The third kappa shape index (κ3) is 2.56. The summed E-state index contributed by atoms with van der Waals surface area (Å²) < 4.78 is 1.75. The highest BCUT2D eigenvalue weighted by Crippen LogP contribution is 2.24. The molecule has 1 amide bonds. The van der Waals surface area contributed by atoms with Crippen LogP contribution in [0, 0.1) is 5.92 Å². The van der Waals surface area contributed by atoms with E-state index in [1.165, 1.54) is 0 Å². The van der Waals surface area contributed by atoms with Crippen molar-refractivity contribution in [2.45, 2.75) is 39.2 Å². The number of carbonyl (C=O) groups excluding carboxylic acids is 1. The Morgan fingerprint density at radius 3 is 2.89 bits per heavy atom. The van der Waals surface area contributed by atoms with E-state index >= 15 is 0 Å². The Bertz CT molecular complexity index is 438. The lowest BCUT2D eigenvalue weighted by Crippen LogP contribution is -2.32. The largest absolute Gasteiger partial charge is 0.323 e. The van der Waals surface area contributed by atoms with Gasteiger partial charge in [0.15, 0.2) is 0 Å². The van der Waals surface area contributed by atoms with Crippen molar-refractivity contribution in [2.75, 3.05) is 11.9 Å². The standard InChI is InChI=1S/C13H22N4O/c1-8(2)12-11(7-17(4)16-12)15-13(18)10-5-6-14-9(10)3/h7-10,14H,5-6H2,1-4H3,(H,15,18). The second-order valence-corrected chi connectivity index (χ2v) is 5.38. The van der Waals surface area contributed by atoms with Crippen LogP contribution in [0.2, 0.25) is 0 Å². The minimum Gasteiger partial charge on any atom is -0.323 e. The molecule has 0 aliphatic carbocycles. The van der Waals surface area contributed by atoms with Crippen LogP contribution in [0.25, 0.3) is 0 Å². The average Bonchev–Trinajstić information content (AvgIpc) is 2.84. The molecule has 0 spiro atoms. The Balaban J connectivity index is 2.11. The quantitative estimate of drug-likeness (QED) is 0.854. The number of aromatic nitrogens is 2. The molecule has 5 heteroatoms. The highest BCUT2D eigenvalue weighted by molar-refractivity contribution is 5.93. The fourth-order valence-corrected chi connectivity index (χ4v) is 2.47. The van der Waals surface area contributed by atoms with Crippen LogP contribution in [0.3, 0.4) is 0 Å². The van der Waals surface area contributed by atoms with Gasteiger partial charge in [-0.3, -0.25) is 9.48 Å². The summed E-state index contributed by atoms with van der Waals surface area (Å²) in [5.41, 5.74) is 1.79. The van der Waals surface area contributed by atoms with Crippen LogP contribution in [0.5, 0.6) is 0 Å². The molecule has 1 aliphatic heterocycles. The van der Waals surface area contributed by atoms with E-state index in [1.54, 1.807) is 4.68 Å². The number of nitrogens with one attached hydrogen (secondary N) is 2. The van der Waals surface area contributed by atoms with E-state index in [-0.39, 0.29) is 17.9 Å². The van der Waals surface area contributed by atoms with Gasteiger partial charge < -0.3 is 10.6 Å². The highest BCUT2D eigenvalue weighted by Gasteiger charge is 2.30. The van der Waals surface area contributed by atoms with Crippen LogP contribution < -0.4 is 10.6 Å². The predicted molar refractivity (Wildman–Crippen MR) is 71.5 cm³/mol. The smallest absolute Gasteiger partial charge is 0.229 e. The number of aryl methyl sites for hydroxylation is 1. The van der Waals surface area contributed by atoms with Crippen molar-refractivity contribution in [1.29, 1.82) is 0 Å². The van der Waals surface area contributed by atoms with Crippen molar-refractivity contribution in [3.8, 4) is 0 Å². The molecule has 1 aromatic heterocycles. The summed E-state index contributed by atoms with van der Waals surface area (Å²) in [5.74, 6) is 0.466. The van der Waals surface area contributed by atoms with E-state index in [9.17, 15) is 4.79 Å². The van der Waals surface area contributed by atoms with E-state index in [0.717, 1.165) is 24.3 Å². The van der Waals surface area contributed by atoms with Gasteiger partial charge in [0, 0.05) is 19.3 Å². The van der Waals surface area contributed by atoms with Gasteiger partial charge in [0.25, 0.3) is 0 Å². The fourth-order valence-electron chi connectivity index (χ4n) is 2.47. The van der Waals surface area contributed by atoms with E-state index in [1.807, 2.05) is 13.2 Å². The summed E-state index contributed by atoms with van der Waals surface area (Å²) in [7, 11) is 1.88. The summed E-state index contributed by atoms with van der Waals surface area (Å²) in [6, 6.07) is 0.254. The molecule has 0 bridgehead atoms. The van der Waals surface area contributed by atoms with Crippen molar-refractivity contribution >= 4 is 11.6 Å². The van der Waals surface area contributed by atoms with E-state index < -0.39 is 0 Å². The molecule has 1 fully saturated rings. The Morgan fingerprint density at radius 1 is 1.61 bits per heavy atom. The van der Waals surface area contributed by atoms with Gasteiger partial charge in [0.2, 0.25) is 5.91 Å². The normalized spacial score (nSPS) is 23.6. The molecule has 2 unspecified atom stereocenters. The van der Waals surface area contributed by atoms with Gasteiger partial charge in [-0.15, -0.1) is 0 Å². The summed E-state index contributed by atoms with van der Waals surface area (Å²) in [6.45, 7) is 7.14. The zero-order valence-corrected chi connectivity index (χ0v) is 11.5. The van der Waals surface area contributed by atoms with E-state index in [2.05, 4.69) is 36.5 Å². The Labute approximate surface area is 108 Å². The summed E-state index contributed by atoms with van der Waals surface area (Å²) in [4.78, 5) is 12.2. The second kappa shape index (κ2) is 5.10. The molecule has 0 aromatic carbocycles. The summed E-state index contributed by atoms with van der Waals surface area (Å²) in [6.07, 6.45) is 2.78. The fraction of sp³-hybridized carbons (Fsp3) is 0.692. The molecule has 1 saturated heterocycles. The van der Waals surface area contributed by atoms with Crippen LogP contribution in [0.1, 0.15) is 38.8 Å². The second-order valence-electron chi connectivity index (χ2n) is 5.38. The number of hydrogen-bond acceptors (Lipinski definition) is 3. The SMILES string of the molecule is CC(C)c1nn(C)cc1NC(=O)C1CCNC1C. The van der Waals surface area contributed by atoms with E-state index in [4.69, 9.17) is 0 Å².